The van der Waals surface area contributed by atoms with Gasteiger partial charge in [0.2, 0.25) is 0 Å². The number of hydrogen-bond donors (Lipinski definition) is 2. The molecular formula is C36H62O11. The lowest BCUT2D eigenvalue weighted by molar-refractivity contribution is -0.340. The van der Waals surface area contributed by atoms with Gasteiger partial charge in [0.15, 0.2) is 18.4 Å². The summed E-state index contributed by atoms with van der Waals surface area (Å²) in [5.74, 6) is -0.314. The molecule has 0 amide bonds. The van der Waals surface area contributed by atoms with Crippen LogP contribution in [0.15, 0.2) is 11.6 Å². The predicted octanol–water partition coefficient (Wildman–Crippen LogP) is 4.69. The highest BCUT2D eigenvalue weighted by molar-refractivity contribution is 5.55. The highest BCUT2D eigenvalue weighted by Crippen LogP contribution is 2.44. The Morgan fingerprint density at radius 1 is 0.979 bits per heavy atom. The molecule has 16 atom stereocenters. The predicted molar refractivity (Wildman–Crippen MR) is 174 cm³/mol. The van der Waals surface area contributed by atoms with Crippen molar-refractivity contribution in [3.05, 3.63) is 11.6 Å². The van der Waals surface area contributed by atoms with E-state index in [9.17, 15) is 15.0 Å². The zero-order valence-corrected chi connectivity index (χ0v) is 30.0. The molecule has 1 spiro atoms. The van der Waals surface area contributed by atoms with Gasteiger partial charge in [0.1, 0.15) is 18.5 Å². The maximum absolute atomic E-state index is 12.0. The maximum Gasteiger partial charge on any atom is 0.171 e. The van der Waals surface area contributed by atoms with Crippen molar-refractivity contribution in [3.8, 4) is 0 Å². The molecule has 0 unspecified atom stereocenters. The third-order valence-corrected chi connectivity index (χ3v) is 10.9. The van der Waals surface area contributed by atoms with Crippen LogP contribution < -0.4 is 0 Å². The van der Waals surface area contributed by atoms with E-state index >= 15 is 0 Å². The van der Waals surface area contributed by atoms with Crippen molar-refractivity contribution in [1.82, 2.24) is 0 Å². The summed E-state index contributed by atoms with van der Waals surface area (Å²) in [6, 6.07) is 0. The van der Waals surface area contributed by atoms with E-state index in [2.05, 4.69) is 26.8 Å². The van der Waals surface area contributed by atoms with E-state index in [0.717, 1.165) is 31.1 Å². The van der Waals surface area contributed by atoms with E-state index in [1.165, 1.54) is 0 Å². The molecule has 4 rings (SSSR count). The van der Waals surface area contributed by atoms with Gasteiger partial charge in [0.05, 0.1) is 48.8 Å². The summed E-state index contributed by atoms with van der Waals surface area (Å²) in [4.78, 5) is 12.0. The molecule has 2 N–H and O–H groups in total. The van der Waals surface area contributed by atoms with Crippen LogP contribution in [0.4, 0.5) is 0 Å². The summed E-state index contributed by atoms with van der Waals surface area (Å²) in [5, 5.41) is 21.2. The number of aliphatic hydroxyl groups excluding tert-OH is 2. The largest absolute Gasteiger partial charge is 0.393 e. The van der Waals surface area contributed by atoms with Crippen molar-refractivity contribution < 1.29 is 52.9 Å². The molecule has 0 radical (unpaired) electrons. The van der Waals surface area contributed by atoms with Crippen LogP contribution in [-0.2, 0) is 42.7 Å². The first-order valence-electron chi connectivity index (χ1n) is 17.8. The number of aliphatic hydroxyl groups is 2. The van der Waals surface area contributed by atoms with Crippen LogP contribution in [0, 0.1) is 17.8 Å². The lowest BCUT2D eigenvalue weighted by atomic mass is 9.81. The quantitative estimate of drug-likeness (QED) is 0.209. The molecular weight excluding hydrogens is 608 g/mol. The van der Waals surface area contributed by atoms with Gasteiger partial charge in [-0.1, -0.05) is 40.2 Å². The fraction of sp³-hybridized carbons (Fsp3) is 0.917. The molecule has 0 aromatic rings. The molecule has 4 saturated heterocycles. The van der Waals surface area contributed by atoms with Crippen LogP contribution >= 0.6 is 0 Å². The SMILES string of the molecule is CC[C@H](C)[C@H]1O[C@]2(CC[C@@H]1C)C[C@@H](O)C[C@@H](C/C=C(\C)[C@@H](O[C@H]1C[C@H](OC)[C@@H](O[C@H]3C[C@H](OC)[C@@H](O)[C@H](C)O3)[C@H](C)O1)[C@@H](C)C=O)O2. The monoisotopic (exact) mass is 670 g/mol. The molecule has 11 heteroatoms. The van der Waals surface area contributed by atoms with E-state index < -0.39 is 67.0 Å². The zero-order chi connectivity index (χ0) is 34.5. The van der Waals surface area contributed by atoms with Gasteiger partial charge in [-0.05, 0) is 51.0 Å². The number of carbonyl (C=O) groups is 1. The molecule has 0 bridgehead atoms. The van der Waals surface area contributed by atoms with E-state index in [4.69, 9.17) is 37.9 Å². The average molecular weight is 671 g/mol. The van der Waals surface area contributed by atoms with E-state index in [0.29, 0.717) is 43.9 Å². The van der Waals surface area contributed by atoms with Gasteiger partial charge in [-0.15, -0.1) is 0 Å². The molecule has 4 heterocycles. The normalized spacial score (nSPS) is 43.8. The minimum Gasteiger partial charge on any atom is -0.393 e. The number of rotatable bonds is 13. The maximum atomic E-state index is 12.0. The van der Waals surface area contributed by atoms with Gasteiger partial charge < -0.3 is 52.9 Å². The fourth-order valence-electron chi connectivity index (χ4n) is 7.81. The fourth-order valence-corrected chi connectivity index (χ4v) is 7.81. The second-order valence-corrected chi connectivity index (χ2v) is 14.6. The summed E-state index contributed by atoms with van der Waals surface area (Å²) in [6.45, 7) is 14.2. The number of methoxy groups -OCH3 is 2. The van der Waals surface area contributed by atoms with E-state index in [1.807, 2.05) is 20.8 Å². The van der Waals surface area contributed by atoms with Crippen molar-refractivity contribution in [2.24, 2.45) is 17.8 Å². The molecule has 47 heavy (non-hydrogen) atoms. The van der Waals surface area contributed by atoms with Crippen molar-refractivity contribution in [2.75, 3.05) is 14.2 Å². The van der Waals surface area contributed by atoms with Crippen LogP contribution in [0.2, 0.25) is 0 Å². The van der Waals surface area contributed by atoms with Gasteiger partial charge in [-0.2, -0.15) is 0 Å². The molecule has 4 fully saturated rings. The Bertz CT molecular complexity index is 1010. The van der Waals surface area contributed by atoms with Crippen molar-refractivity contribution in [2.45, 2.75) is 179 Å². The van der Waals surface area contributed by atoms with E-state index in [-0.39, 0.29) is 18.3 Å². The first-order chi connectivity index (χ1) is 22.3. The molecule has 0 aromatic heterocycles. The summed E-state index contributed by atoms with van der Waals surface area (Å²) in [7, 11) is 3.20. The number of hydrogen-bond acceptors (Lipinski definition) is 11. The Kier molecular flexibility index (Phi) is 14.3. The molecule has 0 saturated carbocycles. The lowest BCUT2D eigenvalue weighted by Crippen LogP contribution is -2.55. The Labute approximate surface area is 281 Å². The van der Waals surface area contributed by atoms with Crippen molar-refractivity contribution >= 4 is 6.29 Å². The number of carbonyl (C=O) groups excluding carboxylic acids is 1. The highest BCUT2D eigenvalue weighted by atomic mass is 16.7. The van der Waals surface area contributed by atoms with E-state index in [1.54, 1.807) is 21.1 Å². The van der Waals surface area contributed by atoms with Crippen molar-refractivity contribution in [3.63, 3.8) is 0 Å². The third kappa shape index (κ3) is 9.62. The Balaban J connectivity index is 1.39. The standard InChI is InChI=1S/C36H62O11/c1-10-20(2)34-22(4)13-14-36(47-34)18-26(38)15-27(46-36)12-11-21(3)33(23(5)19-37)44-31-17-29(41-9)35(25(7)43-31)45-30-16-28(40-8)32(39)24(6)42-30/h11,19-20,22-35,38-39H,10,12-18H2,1-9H3/b21-11+/t20-,22-,23-,24-,25-,26-,27+,28-,29-,30-,31-,32-,33+,34+,35-,36+/m0/s1. The van der Waals surface area contributed by atoms with Gasteiger partial charge in [-0.3, -0.25) is 0 Å². The second kappa shape index (κ2) is 17.3. The number of aldehydes is 1. The summed E-state index contributed by atoms with van der Waals surface area (Å²) in [6.07, 6.45) is 3.07. The highest BCUT2D eigenvalue weighted by Gasteiger charge is 2.48. The Morgan fingerprint density at radius 3 is 2.32 bits per heavy atom. The van der Waals surface area contributed by atoms with Gasteiger partial charge in [0, 0.05) is 52.2 Å². The van der Waals surface area contributed by atoms with Crippen LogP contribution in [0.25, 0.3) is 0 Å². The van der Waals surface area contributed by atoms with Gasteiger partial charge >= 0.3 is 0 Å². The summed E-state index contributed by atoms with van der Waals surface area (Å²) in [5.41, 5.74) is 0.898. The van der Waals surface area contributed by atoms with Gasteiger partial charge in [0.25, 0.3) is 0 Å². The average Bonchev–Trinajstić information content (AvgIpc) is 3.05. The zero-order valence-electron chi connectivity index (χ0n) is 30.0. The molecule has 0 aliphatic carbocycles. The smallest absolute Gasteiger partial charge is 0.171 e. The van der Waals surface area contributed by atoms with Crippen molar-refractivity contribution in [1.29, 1.82) is 0 Å². The molecule has 0 aromatic carbocycles. The third-order valence-electron chi connectivity index (χ3n) is 10.9. The minimum atomic E-state index is -0.762. The Hall–Kier alpha value is -0.990. The second-order valence-electron chi connectivity index (χ2n) is 14.6. The molecule has 11 nitrogen and oxygen atoms in total. The first kappa shape index (κ1) is 38.8. The first-order valence-corrected chi connectivity index (χ1v) is 17.8. The van der Waals surface area contributed by atoms with Crippen LogP contribution in [-0.4, -0.2) is 110 Å². The molecule has 272 valence electrons. The van der Waals surface area contributed by atoms with Crippen LogP contribution in [0.3, 0.4) is 0 Å². The summed E-state index contributed by atoms with van der Waals surface area (Å²) < 4.78 is 49.6. The topological polar surface area (TPSA) is 131 Å². The van der Waals surface area contributed by atoms with Crippen LogP contribution in [0.5, 0.6) is 0 Å². The lowest BCUT2D eigenvalue weighted by Gasteiger charge is -2.50. The molecule has 4 aliphatic rings. The van der Waals surface area contributed by atoms with Crippen LogP contribution in [0.1, 0.15) is 99.8 Å². The van der Waals surface area contributed by atoms with Gasteiger partial charge in [-0.25, -0.2) is 0 Å². The minimum absolute atomic E-state index is 0.107. The summed E-state index contributed by atoms with van der Waals surface area (Å²) >= 11 is 0. The number of ether oxygens (including phenoxy) is 8. The molecule has 4 aliphatic heterocycles. The Morgan fingerprint density at radius 2 is 1.66 bits per heavy atom.